The highest BCUT2D eigenvalue weighted by atomic mass is 32.1. The van der Waals surface area contributed by atoms with Gasteiger partial charge in [-0.25, -0.2) is 0 Å². The predicted octanol–water partition coefficient (Wildman–Crippen LogP) is 2.80. The van der Waals surface area contributed by atoms with E-state index in [1.165, 1.54) is 5.56 Å². The third kappa shape index (κ3) is 4.24. The quantitative estimate of drug-likeness (QED) is 0.714. The van der Waals surface area contributed by atoms with Gasteiger partial charge in [-0.15, -0.1) is 0 Å². The summed E-state index contributed by atoms with van der Waals surface area (Å²) in [6.07, 6.45) is 5.63. The Bertz CT molecular complexity index is 852. The van der Waals surface area contributed by atoms with Gasteiger partial charge < -0.3 is 10.2 Å². The molecule has 0 saturated carbocycles. The highest BCUT2D eigenvalue weighted by Crippen LogP contribution is 2.12. The van der Waals surface area contributed by atoms with E-state index in [1.807, 2.05) is 59.0 Å². The Hall–Kier alpha value is -2.67. The Kier molecular flexibility index (Phi) is 5.14. The summed E-state index contributed by atoms with van der Waals surface area (Å²) in [5.41, 5.74) is 4.40. The second-order valence-electron chi connectivity index (χ2n) is 6.08. The van der Waals surface area contributed by atoms with Gasteiger partial charge in [0.05, 0.1) is 24.6 Å². The van der Waals surface area contributed by atoms with Crippen LogP contribution >= 0.6 is 12.2 Å². The first-order valence-electron chi connectivity index (χ1n) is 8.09. The lowest BCUT2D eigenvalue weighted by Crippen LogP contribution is -2.30. The Morgan fingerprint density at radius 1 is 1.20 bits per heavy atom. The summed E-state index contributed by atoms with van der Waals surface area (Å²) >= 11 is 5.50. The molecule has 0 aliphatic rings. The van der Waals surface area contributed by atoms with Crippen molar-refractivity contribution >= 4 is 23.0 Å². The van der Waals surface area contributed by atoms with Gasteiger partial charge in [0.15, 0.2) is 5.11 Å². The van der Waals surface area contributed by atoms with E-state index in [4.69, 9.17) is 12.2 Å². The van der Waals surface area contributed by atoms with Crippen molar-refractivity contribution < 1.29 is 0 Å². The summed E-state index contributed by atoms with van der Waals surface area (Å²) in [5, 5.41) is 12.6. The minimum atomic E-state index is 0.655. The van der Waals surface area contributed by atoms with Gasteiger partial charge in [-0.05, 0) is 24.7 Å². The maximum absolute atomic E-state index is 5.50. The fourth-order valence-electron chi connectivity index (χ4n) is 2.53. The topological polar surface area (TPSA) is 50.9 Å². The van der Waals surface area contributed by atoms with Crippen molar-refractivity contribution in [3.05, 3.63) is 65.7 Å². The van der Waals surface area contributed by atoms with Crippen molar-refractivity contribution in [1.29, 1.82) is 0 Å². The third-order valence-corrected chi connectivity index (χ3v) is 4.58. The van der Waals surface area contributed by atoms with E-state index in [2.05, 4.69) is 34.6 Å². The zero-order valence-electron chi connectivity index (χ0n) is 14.7. The molecule has 2 aromatic heterocycles. The van der Waals surface area contributed by atoms with Gasteiger partial charge in [0.25, 0.3) is 0 Å². The van der Waals surface area contributed by atoms with Crippen LogP contribution < -0.4 is 5.32 Å². The molecular formula is C18H22N6S. The standard InChI is InChI=1S/C18H22N6S/c1-14-16(9-19-23(14)3)12-22(2)18(25)21-17-10-20-24(13-17)11-15-7-5-4-6-8-15/h4-10,13H,11-12H2,1-3H3,(H,21,25). The van der Waals surface area contributed by atoms with E-state index >= 15 is 0 Å². The van der Waals surface area contributed by atoms with Gasteiger partial charge in [0.2, 0.25) is 0 Å². The van der Waals surface area contributed by atoms with Gasteiger partial charge in [0.1, 0.15) is 0 Å². The van der Waals surface area contributed by atoms with Crippen LogP contribution in [0.15, 0.2) is 48.9 Å². The van der Waals surface area contributed by atoms with Crippen LogP contribution in [0.3, 0.4) is 0 Å². The summed E-state index contributed by atoms with van der Waals surface area (Å²) in [6, 6.07) is 10.2. The Morgan fingerprint density at radius 2 is 1.96 bits per heavy atom. The number of aromatic nitrogens is 4. The highest BCUT2D eigenvalue weighted by Gasteiger charge is 2.11. The highest BCUT2D eigenvalue weighted by molar-refractivity contribution is 7.80. The van der Waals surface area contributed by atoms with Crippen molar-refractivity contribution in [3.8, 4) is 0 Å². The molecule has 3 aromatic rings. The maximum atomic E-state index is 5.50. The summed E-state index contributed by atoms with van der Waals surface area (Å²) < 4.78 is 3.76. The van der Waals surface area contributed by atoms with Gasteiger partial charge in [-0.1, -0.05) is 30.3 Å². The Labute approximate surface area is 153 Å². The maximum Gasteiger partial charge on any atom is 0.173 e. The molecule has 0 aliphatic carbocycles. The SMILES string of the molecule is Cc1c(CN(C)C(=S)Nc2cnn(Cc3ccccc3)c2)cnn1C. The van der Waals surface area contributed by atoms with E-state index in [1.54, 1.807) is 6.20 Å². The molecule has 1 aromatic carbocycles. The number of hydrogen-bond acceptors (Lipinski definition) is 3. The number of anilines is 1. The smallest absolute Gasteiger partial charge is 0.173 e. The molecular weight excluding hydrogens is 332 g/mol. The van der Waals surface area contributed by atoms with E-state index in [-0.39, 0.29) is 0 Å². The van der Waals surface area contributed by atoms with Crippen LogP contribution in [0.2, 0.25) is 0 Å². The molecule has 0 radical (unpaired) electrons. The van der Waals surface area contributed by atoms with Gasteiger partial charge in [-0.3, -0.25) is 9.36 Å². The van der Waals surface area contributed by atoms with Crippen LogP contribution in [0.5, 0.6) is 0 Å². The van der Waals surface area contributed by atoms with Crippen molar-refractivity contribution in [2.24, 2.45) is 7.05 Å². The molecule has 0 aliphatic heterocycles. The minimum Gasteiger partial charge on any atom is -0.348 e. The fraction of sp³-hybridized carbons (Fsp3) is 0.278. The number of benzene rings is 1. The summed E-state index contributed by atoms with van der Waals surface area (Å²) in [6.45, 7) is 3.50. The first-order valence-corrected chi connectivity index (χ1v) is 8.49. The molecule has 0 saturated heterocycles. The molecule has 0 atom stereocenters. The molecule has 0 fully saturated rings. The number of nitrogens with one attached hydrogen (secondary N) is 1. The number of aryl methyl sites for hydroxylation is 1. The average Bonchev–Trinajstić information content (AvgIpc) is 3.17. The molecule has 1 N–H and O–H groups in total. The molecule has 0 amide bonds. The molecule has 7 heteroatoms. The zero-order valence-corrected chi connectivity index (χ0v) is 15.5. The molecule has 0 unspecified atom stereocenters. The summed E-state index contributed by atoms with van der Waals surface area (Å²) in [7, 11) is 3.91. The molecule has 3 rings (SSSR count). The molecule has 2 heterocycles. The van der Waals surface area contributed by atoms with Gasteiger partial charge in [-0.2, -0.15) is 10.2 Å². The summed E-state index contributed by atoms with van der Waals surface area (Å²) in [5.74, 6) is 0. The van der Waals surface area contributed by atoms with Crippen molar-refractivity contribution in [2.45, 2.75) is 20.0 Å². The van der Waals surface area contributed by atoms with Crippen LogP contribution in [0.1, 0.15) is 16.8 Å². The van der Waals surface area contributed by atoms with E-state index < -0.39 is 0 Å². The Morgan fingerprint density at radius 3 is 2.64 bits per heavy atom. The second-order valence-corrected chi connectivity index (χ2v) is 6.46. The third-order valence-electron chi connectivity index (χ3n) is 4.16. The fourth-order valence-corrected chi connectivity index (χ4v) is 2.71. The van der Waals surface area contributed by atoms with Crippen LogP contribution in [-0.4, -0.2) is 36.6 Å². The number of thiocarbonyl (C=S) groups is 1. The number of nitrogens with zero attached hydrogens (tertiary/aromatic N) is 5. The van der Waals surface area contributed by atoms with Crippen LogP contribution in [0.4, 0.5) is 5.69 Å². The van der Waals surface area contributed by atoms with Crippen LogP contribution in [0, 0.1) is 6.92 Å². The van der Waals surface area contributed by atoms with E-state index in [0.29, 0.717) is 11.7 Å². The van der Waals surface area contributed by atoms with Crippen molar-refractivity contribution in [3.63, 3.8) is 0 Å². The molecule has 0 bridgehead atoms. The largest absolute Gasteiger partial charge is 0.348 e. The van der Waals surface area contributed by atoms with E-state index in [0.717, 1.165) is 23.5 Å². The normalized spacial score (nSPS) is 10.7. The number of rotatable bonds is 5. The minimum absolute atomic E-state index is 0.655. The first kappa shape index (κ1) is 17.2. The molecule has 130 valence electrons. The lowest BCUT2D eigenvalue weighted by molar-refractivity contribution is 0.506. The zero-order chi connectivity index (χ0) is 17.8. The van der Waals surface area contributed by atoms with Gasteiger partial charge in [0, 0.05) is 38.1 Å². The van der Waals surface area contributed by atoms with Crippen LogP contribution in [0.25, 0.3) is 0 Å². The van der Waals surface area contributed by atoms with Crippen molar-refractivity contribution in [1.82, 2.24) is 24.5 Å². The van der Waals surface area contributed by atoms with E-state index in [9.17, 15) is 0 Å². The summed E-state index contributed by atoms with van der Waals surface area (Å²) in [4.78, 5) is 1.99. The molecule has 0 spiro atoms. The lowest BCUT2D eigenvalue weighted by Gasteiger charge is -2.20. The average molecular weight is 354 g/mol. The molecule has 6 nitrogen and oxygen atoms in total. The monoisotopic (exact) mass is 354 g/mol. The predicted molar refractivity (Wildman–Crippen MR) is 103 cm³/mol. The Balaban J connectivity index is 1.58. The second kappa shape index (κ2) is 7.48. The number of hydrogen-bond donors (Lipinski definition) is 1. The lowest BCUT2D eigenvalue weighted by atomic mass is 10.2. The first-order chi connectivity index (χ1) is 12.0. The van der Waals surface area contributed by atoms with Crippen molar-refractivity contribution in [2.75, 3.05) is 12.4 Å². The molecule has 25 heavy (non-hydrogen) atoms. The van der Waals surface area contributed by atoms with Crippen LogP contribution in [-0.2, 0) is 20.1 Å². The van der Waals surface area contributed by atoms with Gasteiger partial charge >= 0.3 is 0 Å².